The van der Waals surface area contributed by atoms with Crippen molar-refractivity contribution >= 4 is 33.8 Å². The predicted molar refractivity (Wildman–Crippen MR) is 119 cm³/mol. The number of nitriles is 1. The Morgan fingerprint density at radius 2 is 1.81 bits per heavy atom. The summed E-state index contributed by atoms with van der Waals surface area (Å²) in [4.78, 5) is 4.76. The minimum Gasteiger partial charge on any atom is -0.319 e. The summed E-state index contributed by atoms with van der Waals surface area (Å²) in [6, 6.07) is 24.2. The van der Waals surface area contributed by atoms with Crippen LogP contribution in [0.5, 0.6) is 0 Å². The molecule has 2 aromatic heterocycles. The second-order valence-electron chi connectivity index (χ2n) is 7.06. The number of halogens is 1. The van der Waals surface area contributed by atoms with Gasteiger partial charge in [-0.3, -0.25) is 0 Å². The summed E-state index contributed by atoms with van der Waals surface area (Å²) in [6.07, 6.45) is 0. The second-order valence-corrected chi connectivity index (χ2v) is 8.00. The van der Waals surface area contributed by atoms with E-state index in [9.17, 15) is 4.39 Å². The topological polar surface area (TPSA) is 67.4 Å². The van der Waals surface area contributed by atoms with E-state index in [0.717, 1.165) is 16.5 Å². The van der Waals surface area contributed by atoms with E-state index in [2.05, 4.69) is 16.3 Å². The lowest BCUT2D eigenvalue weighted by Gasteiger charge is -2.08. The van der Waals surface area contributed by atoms with Gasteiger partial charge in [0.25, 0.3) is 0 Å². The van der Waals surface area contributed by atoms with E-state index >= 15 is 0 Å². The molecule has 5 rings (SSSR count). The molecule has 5 nitrogen and oxygen atoms in total. The van der Waals surface area contributed by atoms with Gasteiger partial charge < -0.3 is 4.57 Å². The van der Waals surface area contributed by atoms with Crippen molar-refractivity contribution in [1.29, 1.82) is 5.26 Å². The zero-order valence-electron chi connectivity index (χ0n) is 16.4. The van der Waals surface area contributed by atoms with E-state index in [1.807, 2.05) is 53.1 Å². The van der Waals surface area contributed by atoms with Crippen LogP contribution in [-0.2, 0) is 12.3 Å². The van der Waals surface area contributed by atoms with Gasteiger partial charge in [-0.1, -0.05) is 60.3 Å². The van der Waals surface area contributed by atoms with Gasteiger partial charge in [-0.15, -0.1) is 10.2 Å². The van der Waals surface area contributed by atoms with Crippen LogP contribution in [0.2, 0.25) is 0 Å². The Hall–Kier alpha value is -3.76. The Balaban J connectivity index is 1.55. The Bertz CT molecular complexity index is 1450. The summed E-state index contributed by atoms with van der Waals surface area (Å²) in [5.41, 5.74) is 4.53. The monoisotopic (exact) mass is 425 g/mol. The molecule has 150 valence electrons. The number of aromatic nitrogens is 4. The van der Waals surface area contributed by atoms with Gasteiger partial charge in [-0.25, -0.2) is 9.37 Å². The molecule has 0 unspecified atom stereocenters. The SMILES string of the molecule is N#Cc1cccc(CSc2nnc3c4ccccc4n(Cc4ccccc4F)c3n2)c1. The molecule has 0 radical (unpaired) electrons. The van der Waals surface area contributed by atoms with E-state index in [1.165, 1.54) is 17.8 Å². The van der Waals surface area contributed by atoms with E-state index in [4.69, 9.17) is 10.2 Å². The van der Waals surface area contributed by atoms with Crippen molar-refractivity contribution in [2.24, 2.45) is 0 Å². The average Bonchev–Trinajstić information content (AvgIpc) is 3.12. The number of rotatable bonds is 5. The van der Waals surface area contributed by atoms with Crippen LogP contribution in [-0.4, -0.2) is 19.7 Å². The molecule has 7 heteroatoms. The molecule has 0 fully saturated rings. The minimum absolute atomic E-state index is 0.248. The van der Waals surface area contributed by atoms with Gasteiger partial charge in [0.15, 0.2) is 5.65 Å². The zero-order valence-corrected chi connectivity index (χ0v) is 17.2. The number of fused-ring (bicyclic) bond motifs is 3. The van der Waals surface area contributed by atoms with Gasteiger partial charge in [0, 0.05) is 16.7 Å². The Morgan fingerprint density at radius 3 is 2.68 bits per heavy atom. The van der Waals surface area contributed by atoms with Crippen molar-refractivity contribution in [2.75, 3.05) is 0 Å². The van der Waals surface area contributed by atoms with Gasteiger partial charge in [-0.2, -0.15) is 5.26 Å². The fourth-order valence-corrected chi connectivity index (χ4v) is 4.31. The van der Waals surface area contributed by atoms with E-state index in [-0.39, 0.29) is 5.82 Å². The number of para-hydroxylation sites is 1. The first kappa shape index (κ1) is 19.2. The third-order valence-corrected chi connectivity index (χ3v) is 5.97. The first-order chi connectivity index (χ1) is 15.2. The van der Waals surface area contributed by atoms with Crippen LogP contribution in [0.3, 0.4) is 0 Å². The number of nitrogens with zero attached hydrogens (tertiary/aromatic N) is 5. The maximum Gasteiger partial charge on any atom is 0.211 e. The largest absolute Gasteiger partial charge is 0.319 e. The molecule has 0 saturated carbocycles. The van der Waals surface area contributed by atoms with Gasteiger partial charge in [0.05, 0.1) is 23.7 Å². The van der Waals surface area contributed by atoms with E-state index < -0.39 is 0 Å². The van der Waals surface area contributed by atoms with Crippen LogP contribution in [0, 0.1) is 17.1 Å². The standard InChI is InChI=1S/C24H16FN5S/c25-20-10-3-1-8-18(20)14-30-21-11-4-2-9-19(21)22-23(30)27-24(29-28-22)31-15-17-7-5-6-16(12-17)13-26/h1-12H,14-15H2. The third kappa shape index (κ3) is 3.74. The van der Waals surface area contributed by atoms with Crippen LogP contribution >= 0.6 is 11.8 Å². The van der Waals surface area contributed by atoms with Crippen molar-refractivity contribution in [3.63, 3.8) is 0 Å². The van der Waals surface area contributed by atoms with Crippen LogP contribution in [0.4, 0.5) is 4.39 Å². The molecule has 0 spiro atoms. The van der Waals surface area contributed by atoms with Gasteiger partial charge >= 0.3 is 0 Å². The fourth-order valence-electron chi connectivity index (χ4n) is 3.59. The summed E-state index contributed by atoms with van der Waals surface area (Å²) < 4.78 is 16.3. The van der Waals surface area contributed by atoms with E-state index in [0.29, 0.717) is 39.7 Å². The molecule has 31 heavy (non-hydrogen) atoms. The maximum atomic E-state index is 14.3. The zero-order chi connectivity index (χ0) is 21.2. The van der Waals surface area contributed by atoms with Crippen molar-refractivity contribution in [1.82, 2.24) is 19.7 Å². The number of hydrogen-bond acceptors (Lipinski definition) is 5. The van der Waals surface area contributed by atoms with Gasteiger partial charge in [0.1, 0.15) is 11.3 Å². The second kappa shape index (κ2) is 8.17. The Kier molecular flexibility index (Phi) is 5.06. The number of hydrogen-bond donors (Lipinski definition) is 0. The minimum atomic E-state index is -0.248. The van der Waals surface area contributed by atoms with E-state index in [1.54, 1.807) is 18.2 Å². The molecule has 2 heterocycles. The lowest BCUT2D eigenvalue weighted by atomic mass is 10.2. The summed E-state index contributed by atoms with van der Waals surface area (Å²) in [5, 5.41) is 19.3. The first-order valence-corrected chi connectivity index (χ1v) is 10.7. The molecule has 0 saturated heterocycles. The highest BCUT2D eigenvalue weighted by molar-refractivity contribution is 7.98. The Labute approximate surface area is 182 Å². The highest BCUT2D eigenvalue weighted by Crippen LogP contribution is 2.29. The molecule has 0 bridgehead atoms. The summed E-state index contributed by atoms with van der Waals surface area (Å²) >= 11 is 1.45. The first-order valence-electron chi connectivity index (χ1n) is 9.70. The lowest BCUT2D eigenvalue weighted by molar-refractivity contribution is 0.603. The highest BCUT2D eigenvalue weighted by Gasteiger charge is 2.16. The quantitative estimate of drug-likeness (QED) is 0.356. The average molecular weight is 425 g/mol. The maximum absolute atomic E-state index is 14.3. The summed E-state index contributed by atoms with van der Waals surface area (Å²) in [7, 11) is 0. The molecular weight excluding hydrogens is 409 g/mol. The molecular formula is C24H16FN5S. The number of benzene rings is 3. The van der Waals surface area contributed by atoms with Crippen molar-refractivity contribution in [3.05, 3.63) is 95.3 Å². The van der Waals surface area contributed by atoms with Crippen molar-refractivity contribution in [3.8, 4) is 6.07 Å². The predicted octanol–water partition coefficient (Wildman–Crippen LogP) is 5.33. The molecule has 0 aliphatic rings. The van der Waals surface area contributed by atoms with Crippen LogP contribution < -0.4 is 0 Å². The summed E-state index contributed by atoms with van der Waals surface area (Å²) in [6.45, 7) is 0.351. The van der Waals surface area contributed by atoms with Crippen LogP contribution in [0.25, 0.3) is 22.1 Å². The highest BCUT2D eigenvalue weighted by atomic mass is 32.2. The molecule has 0 aliphatic carbocycles. The van der Waals surface area contributed by atoms with Crippen molar-refractivity contribution < 1.29 is 4.39 Å². The molecule has 3 aromatic carbocycles. The van der Waals surface area contributed by atoms with Gasteiger partial charge in [0.2, 0.25) is 5.16 Å². The summed E-state index contributed by atoms with van der Waals surface area (Å²) in [5.74, 6) is 0.374. The van der Waals surface area contributed by atoms with Crippen molar-refractivity contribution in [2.45, 2.75) is 17.5 Å². The van der Waals surface area contributed by atoms with Crippen LogP contribution in [0.15, 0.2) is 78.0 Å². The lowest BCUT2D eigenvalue weighted by Crippen LogP contribution is -2.04. The normalized spacial score (nSPS) is 11.1. The molecule has 0 aliphatic heterocycles. The molecule has 0 amide bonds. The molecule has 5 aromatic rings. The Morgan fingerprint density at radius 1 is 0.968 bits per heavy atom. The third-order valence-electron chi connectivity index (χ3n) is 5.06. The number of thioether (sulfide) groups is 1. The molecule has 0 atom stereocenters. The van der Waals surface area contributed by atoms with Gasteiger partial charge in [-0.05, 0) is 29.8 Å². The fraction of sp³-hybridized carbons (Fsp3) is 0.0833. The smallest absolute Gasteiger partial charge is 0.211 e. The molecule has 0 N–H and O–H groups in total. The van der Waals surface area contributed by atoms with Crippen LogP contribution in [0.1, 0.15) is 16.7 Å².